The highest BCUT2D eigenvalue weighted by Crippen LogP contribution is 2.30. The van der Waals surface area contributed by atoms with Gasteiger partial charge in [0.1, 0.15) is 5.75 Å². The van der Waals surface area contributed by atoms with E-state index in [1.54, 1.807) is 7.11 Å². The molecule has 1 saturated heterocycles. The van der Waals surface area contributed by atoms with E-state index in [1.807, 2.05) is 18.2 Å². The molecule has 30 heavy (non-hydrogen) atoms. The van der Waals surface area contributed by atoms with E-state index in [0.717, 1.165) is 55.6 Å². The third-order valence-corrected chi connectivity index (χ3v) is 6.63. The zero-order valence-corrected chi connectivity index (χ0v) is 18.1. The number of piperidine rings is 1. The minimum atomic E-state index is 0.00886. The third-order valence-electron chi connectivity index (χ3n) is 6.63. The third kappa shape index (κ3) is 5.04. The maximum absolute atomic E-state index is 13.0. The summed E-state index contributed by atoms with van der Waals surface area (Å²) in [5, 5.41) is 3.35. The van der Waals surface area contributed by atoms with Crippen LogP contribution in [0.25, 0.3) is 11.1 Å². The number of ether oxygens (including phenoxy) is 1. The number of hydrogen-bond donors (Lipinski definition) is 1. The van der Waals surface area contributed by atoms with Crippen LogP contribution in [-0.2, 0) is 11.3 Å². The number of nitrogens with zero attached hydrogens (tertiary/aromatic N) is 1. The van der Waals surface area contributed by atoms with Gasteiger partial charge in [0.05, 0.1) is 13.2 Å². The van der Waals surface area contributed by atoms with Gasteiger partial charge in [-0.05, 0) is 49.4 Å². The molecule has 1 unspecified atom stereocenters. The lowest BCUT2D eigenvalue weighted by molar-refractivity contribution is -0.128. The highest BCUT2D eigenvalue weighted by Gasteiger charge is 2.30. The van der Waals surface area contributed by atoms with E-state index in [9.17, 15) is 4.79 Å². The molecule has 0 aromatic heterocycles. The highest BCUT2D eigenvalue weighted by atomic mass is 16.5. The van der Waals surface area contributed by atoms with E-state index >= 15 is 0 Å². The molecule has 1 aliphatic heterocycles. The van der Waals surface area contributed by atoms with Crippen molar-refractivity contribution in [1.82, 2.24) is 10.2 Å². The fraction of sp³-hybridized carbons (Fsp3) is 0.500. The minimum Gasteiger partial charge on any atom is -0.496 e. The molecule has 4 rings (SSSR count). The molecule has 0 radical (unpaired) electrons. The molecule has 2 aliphatic rings. The summed E-state index contributed by atoms with van der Waals surface area (Å²) >= 11 is 0. The molecule has 1 amide bonds. The molecule has 2 aromatic carbocycles. The average molecular weight is 407 g/mol. The molecule has 1 aliphatic carbocycles. The Bertz CT molecular complexity index is 827. The van der Waals surface area contributed by atoms with Gasteiger partial charge in [0, 0.05) is 18.2 Å². The van der Waals surface area contributed by atoms with Crippen LogP contribution in [0.3, 0.4) is 0 Å². The van der Waals surface area contributed by atoms with Crippen molar-refractivity contribution < 1.29 is 9.53 Å². The molecule has 0 bridgehead atoms. The second-order valence-electron chi connectivity index (χ2n) is 8.72. The molecule has 160 valence electrons. The number of nitrogens with one attached hydrogen (secondary N) is 1. The van der Waals surface area contributed by atoms with Gasteiger partial charge < -0.3 is 10.1 Å². The first kappa shape index (κ1) is 20.9. The van der Waals surface area contributed by atoms with Crippen LogP contribution in [0.15, 0.2) is 48.5 Å². The molecular weight excluding hydrogens is 372 g/mol. The molecule has 1 saturated carbocycles. The molecule has 2 fully saturated rings. The number of rotatable bonds is 6. The lowest BCUT2D eigenvalue weighted by Gasteiger charge is -2.36. The van der Waals surface area contributed by atoms with Gasteiger partial charge >= 0.3 is 0 Å². The van der Waals surface area contributed by atoms with Gasteiger partial charge in [0.2, 0.25) is 5.91 Å². The van der Waals surface area contributed by atoms with Crippen molar-refractivity contribution in [3.63, 3.8) is 0 Å². The van der Waals surface area contributed by atoms with Crippen LogP contribution >= 0.6 is 0 Å². The Morgan fingerprint density at radius 2 is 1.70 bits per heavy atom. The van der Waals surface area contributed by atoms with Crippen LogP contribution in [0.2, 0.25) is 0 Å². The standard InChI is InChI=1S/C26H34N2O2/c1-30-25-13-6-5-11-23(25)21-16-14-20(15-17-21)19-28-18-8-7-12-24(28)26(29)27-22-9-3-2-4-10-22/h5-6,11,13-17,22,24H,2-4,7-10,12,18-19H2,1H3,(H,27,29). The van der Waals surface area contributed by atoms with E-state index < -0.39 is 0 Å². The monoisotopic (exact) mass is 406 g/mol. The Morgan fingerprint density at radius 1 is 0.967 bits per heavy atom. The summed E-state index contributed by atoms with van der Waals surface area (Å²) in [7, 11) is 1.71. The van der Waals surface area contributed by atoms with E-state index in [4.69, 9.17) is 4.74 Å². The lowest BCUT2D eigenvalue weighted by Crippen LogP contribution is -2.51. The van der Waals surface area contributed by atoms with Crippen molar-refractivity contribution in [2.24, 2.45) is 0 Å². The molecule has 4 nitrogen and oxygen atoms in total. The SMILES string of the molecule is COc1ccccc1-c1ccc(CN2CCCCC2C(=O)NC2CCCCC2)cc1. The van der Waals surface area contributed by atoms with Crippen molar-refractivity contribution in [3.8, 4) is 16.9 Å². The molecular formula is C26H34N2O2. The highest BCUT2D eigenvalue weighted by molar-refractivity contribution is 5.82. The van der Waals surface area contributed by atoms with Crippen LogP contribution < -0.4 is 10.1 Å². The normalized spacial score (nSPS) is 20.6. The number of carbonyl (C=O) groups is 1. The van der Waals surface area contributed by atoms with E-state index in [-0.39, 0.29) is 11.9 Å². The summed E-state index contributed by atoms with van der Waals surface area (Å²) in [6, 6.07) is 17.2. The largest absolute Gasteiger partial charge is 0.496 e. The Hall–Kier alpha value is -2.33. The topological polar surface area (TPSA) is 41.6 Å². The predicted molar refractivity (Wildman–Crippen MR) is 121 cm³/mol. The Labute approximate surface area is 180 Å². The first-order valence-corrected chi connectivity index (χ1v) is 11.5. The zero-order chi connectivity index (χ0) is 20.8. The van der Waals surface area contributed by atoms with Crippen LogP contribution in [0, 0.1) is 0 Å². The number of likely N-dealkylation sites (tertiary alicyclic amines) is 1. The number of amides is 1. The zero-order valence-electron chi connectivity index (χ0n) is 18.1. The van der Waals surface area contributed by atoms with E-state index in [1.165, 1.54) is 31.2 Å². The number of hydrogen-bond acceptors (Lipinski definition) is 3. The molecule has 1 atom stereocenters. The maximum Gasteiger partial charge on any atom is 0.237 e. The van der Waals surface area contributed by atoms with E-state index in [0.29, 0.717) is 6.04 Å². The van der Waals surface area contributed by atoms with Crippen LogP contribution in [0.4, 0.5) is 0 Å². The van der Waals surface area contributed by atoms with Gasteiger partial charge in [0.25, 0.3) is 0 Å². The quantitative estimate of drug-likeness (QED) is 0.720. The van der Waals surface area contributed by atoms with Crippen LogP contribution in [0.1, 0.15) is 56.9 Å². The van der Waals surface area contributed by atoms with Crippen molar-refractivity contribution in [1.29, 1.82) is 0 Å². The van der Waals surface area contributed by atoms with Crippen molar-refractivity contribution in [2.45, 2.75) is 70.0 Å². The molecule has 1 heterocycles. The van der Waals surface area contributed by atoms with Gasteiger partial charge in [0.15, 0.2) is 0 Å². The number of carbonyl (C=O) groups excluding carboxylic acids is 1. The number of para-hydroxylation sites is 1. The van der Waals surface area contributed by atoms with Gasteiger partial charge in [-0.3, -0.25) is 9.69 Å². The fourth-order valence-corrected chi connectivity index (χ4v) is 4.93. The van der Waals surface area contributed by atoms with Gasteiger partial charge in [-0.2, -0.15) is 0 Å². The van der Waals surface area contributed by atoms with E-state index in [2.05, 4.69) is 40.5 Å². The van der Waals surface area contributed by atoms with Crippen LogP contribution in [0.5, 0.6) is 5.75 Å². The Morgan fingerprint density at radius 3 is 2.47 bits per heavy atom. The number of methoxy groups -OCH3 is 1. The predicted octanol–water partition coefficient (Wildman–Crippen LogP) is 5.17. The average Bonchev–Trinajstić information content (AvgIpc) is 2.80. The minimum absolute atomic E-state index is 0.00886. The van der Waals surface area contributed by atoms with Gasteiger partial charge in [-0.1, -0.05) is 68.1 Å². The number of benzene rings is 2. The second-order valence-corrected chi connectivity index (χ2v) is 8.72. The van der Waals surface area contributed by atoms with Crippen molar-refractivity contribution in [3.05, 3.63) is 54.1 Å². The van der Waals surface area contributed by atoms with Crippen LogP contribution in [-0.4, -0.2) is 36.5 Å². The summed E-state index contributed by atoms with van der Waals surface area (Å²) < 4.78 is 5.50. The van der Waals surface area contributed by atoms with Gasteiger partial charge in [-0.15, -0.1) is 0 Å². The molecule has 1 N–H and O–H groups in total. The Balaban J connectivity index is 1.42. The lowest BCUT2D eigenvalue weighted by atomic mass is 9.94. The van der Waals surface area contributed by atoms with Crippen molar-refractivity contribution in [2.75, 3.05) is 13.7 Å². The molecule has 4 heteroatoms. The Kier molecular flexibility index (Phi) is 7.06. The first-order chi connectivity index (χ1) is 14.7. The summed E-state index contributed by atoms with van der Waals surface area (Å²) in [5.74, 6) is 1.13. The maximum atomic E-state index is 13.0. The summed E-state index contributed by atoms with van der Waals surface area (Å²) in [5.41, 5.74) is 3.52. The summed E-state index contributed by atoms with van der Waals surface area (Å²) in [6.45, 7) is 1.83. The van der Waals surface area contributed by atoms with Crippen molar-refractivity contribution >= 4 is 5.91 Å². The first-order valence-electron chi connectivity index (χ1n) is 11.5. The summed E-state index contributed by atoms with van der Waals surface area (Å²) in [4.78, 5) is 15.4. The second kappa shape index (κ2) is 10.1. The summed E-state index contributed by atoms with van der Waals surface area (Å²) in [6.07, 6.45) is 9.38. The molecule has 0 spiro atoms. The smallest absolute Gasteiger partial charge is 0.237 e. The van der Waals surface area contributed by atoms with Gasteiger partial charge in [-0.25, -0.2) is 0 Å². The molecule has 2 aromatic rings. The fourth-order valence-electron chi connectivity index (χ4n) is 4.93.